The van der Waals surface area contributed by atoms with E-state index in [1.54, 1.807) is 0 Å². The van der Waals surface area contributed by atoms with Gasteiger partial charge in [-0.05, 0) is 61.4 Å². The first-order valence-electron chi connectivity index (χ1n) is 9.85. The van der Waals surface area contributed by atoms with Crippen LogP contribution in [0, 0.1) is 0 Å². The van der Waals surface area contributed by atoms with E-state index in [4.69, 9.17) is 10.7 Å². The summed E-state index contributed by atoms with van der Waals surface area (Å²) in [6.07, 6.45) is 4.48. The molecule has 1 aliphatic carbocycles. The predicted molar refractivity (Wildman–Crippen MR) is 108 cm³/mol. The third-order valence-corrected chi connectivity index (χ3v) is 5.35. The van der Waals surface area contributed by atoms with Gasteiger partial charge in [-0.1, -0.05) is 26.0 Å². The van der Waals surface area contributed by atoms with Gasteiger partial charge in [0.2, 0.25) is 5.91 Å². The lowest BCUT2D eigenvalue weighted by atomic mass is 9.98. The molecule has 1 amide bonds. The maximum Gasteiger partial charge on any atom is 0.221 e. The summed E-state index contributed by atoms with van der Waals surface area (Å²) in [7, 11) is 0. The van der Waals surface area contributed by atoms with Gasteiger partial charge in [0.1, 0.15) is 0 Å². The van der Waals surface area contributed by atoms with Gasteiger partial charge in [0.15, 0.2) is 0 Å². The molecule has 0 radical (unpaired) electrons. The number of pyridine rings is 1. The number of aryl methyl sites for hydroxylation is 1. The summed E-state index contributed by atoms with van der Waals surface area (Å²) in [5.74, 6) is 0.00351. The lowest BCUT2D eigenvalue weighted by molar-refractivity contribution is -0.117. The largest absolute Gasteiger partial charge is 0.393 e. The molecule has 1 aromatic carbocycles. The van der Waals surface area contributed by atoms with E-state index >= 15 is 0 Å². The van der Waals surface area contributed by atoms with Gasteiger partial charge < -0.3 is 16.2 Å². The van der Waals surface area contributed by atoms with Crippen LogP contribution >= 0.6 is 0 Å². The molecule has 5 nitrogen and oxygen atoms in total. The molecule has 0 bridgehead atoms. The zero-order chi connectivity index (χ0) is 19.4. The number of rotatable bonds is 7. The third kappa shape index (κ3) is 4.66. The van der Waals surface area contributed by atoms with Gasteiger partial charge in [0, 0.05) is 28.7 Å². The number of primary amides is 1. The zero-order valence-electron chi connectivity index (χ0n) is 16.2. The fourth-order valence-corrected chi connectivity index (χ4v) is 3.94. The number of hydrogen-bond acceptors (Lipinski definition) is 4. The number of aliphatic hydroxyl groups is 1. The highest BCUT2D eigenvalue weighted by molar-refractivity contribution is 5.77. The number of amides is 1. The zero-order valence-corrected chi connectivity index (χ0v) is 16.2. The van der Waals surface area contributed by atoms with E-state index in [1.807, 2.05) is 24.3 Å². The van der Waals surface area contributed by atoms with Crippen molar-refractivity contribution in [1.29, 1.82) is 0 Å². The minimum atomic E-state index is -0.325. The first-order chi connectivity index (χ1) is 13.0. The number of carbonyl (C=O) groups is 1. The molecule has 1 saturated carbocycles. The smallest absolute Gasteiger partial charge is 0.221 e. The Morgan fingerprint density at radius 3 is 2.52 bits per heavy atom. The van der Waals surface area contributed by atoms with E-state index < -0.39 is 0 Å². The van der Waals surface area contributed by atoms with E-state index in [1.165, 1.54) is 5.56 Å². The second-order valence-electron chi connectivity index (χ2n) is 7.36. The molecular weight excluding hydrogens is 338 g/mol. The standard InChI is InChI=1S/C22H29N3O2/c1-3-18-19(4-2)25-20(15-7-10-17(26)12-15)13-21(18)24-16-8-5-14(6-9-16)11-22(23)27/h5-6,8-9,13,15,17,26H,3-4,7,10-12H2,1-2H3,(H2,23,27)(H,24,25). The summed E-state index contributed by atoms with van der Waals surface area (Å²) < 4.78 is 0. The molecule has 5 heteroatoms. The number of carbonyl (C=O) groups excluding carboxylic acids is 1. The quantitative estimate of drug-likeness (QED) is 0.697. The summed E-state index contributed by atoms with van der Waals surface area (Å²) >= 11 is 0. The second kappa shape index (κ2) is 8.53. The van der Waals surface area contributed by atoms with Crippen LogP contribution in [0.5, 0.6) is 0 Å². The molecule has 4 N–H and O–H groups in total. The lowest BCUT2D eigenvalue weighted by Crippen LogP contribution is -2.13. The number of nitrogens with one attached hydrogen (secondary N) is 1. The molecule has 1 aliphatic rings. The Hall–Kier alpha value is -2.40. The monoisotopic (exact) mass is 367 g/mol. The van der Waals surface area contributed by atoms with Crippen molar-refractivity contribution in [2.45, 2.75) is 64.4 Å². The topological polar surface area (TPSA) is 88.2 Å². The first kappa shape index (κ1) is 19.4. The number of aromatic nitrogens is 1. The number of hydrogen-bond donors (Lipinski definition) is 3. The Balaban J connectivity index is 1.89. The van der Waals surface area contributed by atoms with Crippen LogP contribution in [0.1, 0.15) is 61.5 Å². The molecule has 144 valence electrons. The summed E-state index contributed by atoms with van der Waals surface area (Å²) in [5, 5.41) is 13.4. The van der Waals surface area contributed by atoms with Crippen LogP contribution < -0.4 is 11.1 Å². The first-order valence-corrected chi connectivity index (χ1v) is 9.85. The summed E-state index contributed by atoms with van der Waals surface area (Å²) in [6, 6.07) is 9.95. The fraction of sp³-hybridized carbons (Fsp3) is 0.455. The van der Waals surface area contributed by atoms with Crippen molar-refractivity contribution in [2.75, 3.05) is 5.32 Å². The Kier molecular flexibility index (Phi) is 6.11. The molecule has 0 spiro atoms. The van der Waals surface area contributed by atoms with Gasteiger partial charge in [-0.2, -0.15) is 0 Å². The van der Waals surface area contributed by atoms with Crippen molar-refractivity contribution >= 4 is 17.3 Å². The van der Waals surface area contributed by atoms with Crippen LogP contribution in [-0.4, -0.2) is 22.1 Å². The SMILES string of the molecule is CCc1nc(C2CCC(O)C2)cc(Nc2ccc(CC(N)=O)cc2)c1CC. The van der Waals surface area contributed by atoms with Gasteiger partial charge in [-0.15, -0.1) is 0 Å². The van der Waals surface area contributed by atoms with E-state index in [0.29, 0.717) is 5.92 Å². The highest BCUT2D eigenvalue weighted by Crippen LogP contribution is 2.36. The van der Waals surface area contributed by atoms with Crippen LogP contribution in [0.2, 0.25) is 0 Å². The van der Waals surface area contributed by atoms with Gasteiger partial charge in [-0.3, -0.25) is 9.78 Å². The van der Waals surface area contributed by atoms with Crippen molar-refractivity contribution in [3.8, 4) is 0 Å². The van der Waals surface area contributed by atoms with Crippen LogP contribution in [0.4, 0.5) is 11.4 Å². The Morgan fingerprint density at radius 1 is 1.22 bits per heavy atom. The van der Waals surface area contributed by atoms with Crippen molar-refractivity contribution in [1.82, 2.24) is 4.98 Å². The predicted octanol–water partition coefficient (Wildman–Crippen LogP) is 3.61. The van der Waals surface area contributed by atoms with Crippen molar-refractivity contribution in [2.24, 2.45) is 5.73 Å². The highest BCUT2D eigenvalue weighted by Gasteiger charge is 2.26. The molecule has 3 rings (SSSR count). The van der Waals surface area contributed by atoms with Crippen LogP contribution in [0.25, 0.3) is 0 Å². The summed E-state index contributed by atoms with van der Waals surface area (Å²) in [4.78, 5) is 16.0. The minimum Gasteiger partial charge on any atom is -0.393 e. The summed E-state index contributed by atoms with van der Waals surface area (Å²) in [5.41, 5.74) is 11.7. The maximum absolute atomic E-state index is 11.1. The maximum atomic E-state index is 11.1. The second-order valence-corrected chi connectivity index (χ2v) is 7.36. The molecule has 1 aromatic heterocycles. The Labute approximate surface area is 161 Å². The van der Waals surface area contributed by atoms with Crippen molar-refractivity contribution in [3.63, 3.8) is 0 Å². The van der Waals surface area contributed by atoms with Gasteiger partial charge in [-0.25, -0.2) is 0 Å². The van der Waals surface area contributed by atoms with Crippen LogP contribution in [0.15, 0.2) is 30.3 Å². The lowest BCUT2D eigenvalue weighted by Gasteiger charge is -2.19. The Morgan fingerprint density at radius 2 is 1.96 bits per heavy atom. The van der Waals surface area contributed by atoms with Crippen molar-refractivity contribution in [3.05, 3.63) is 52.8 Å². The van der Waals surface area contributed by atoms with Gasteiger partial charge in [0.05, 0.1) is 12.5 Å². The van der Waals surface area contributed by atoms with Gasteiger partial charge in [0.25, 0.3) is 0 Å². The molecular formula is C22H29N3O2. The molecule has 0 saturated heterocycles. The third-order valence-electron chi connectivity index (χ3n) is 5.35. The van der Waals surface area contributed by atoms with E-state index in [0.717, 1.165) is 60.4 Å². The normalized spacial score (nSPS) is 19.2. The fourth-order valence-electron chi connectivity index (χ4n) is 3.94. The average molecular weight is 367 g/mol. The summed E-state index contributed by atoms with van der Waals surface area (Å²) in [6.45, 7) is 4.29. The number of nitrogens with zero attached hydrogens (tertiary/aromatic N) is 1. The Bertz CT molecular complexity index is 802. The minimum absolute atomic E-state index is 0.207. The van der Waals surface area contributed by atoms with Crippen molar-refractivity contribution < 1.29 is 9.90 Å². The molecule has 2 atom stereocenters. The number of aliphatic hydroxyl groups excluding tert-OH is 1. The van der Waals surface area contributed by atoms with Crippen LogP contribution in [0.3, 0.4) is 0 Å². The number of nitrogens with two attached hydrogens (primary N) is 1. The number of anilines is 2. The van der Waals surface area contributed by atoms with E-state index in [-0.39, 0.29) is 18.4 Å². The molecule has 1 fully saturated rings. The molecule has 1 heterocycles. The molecule has 2 unspecified atom stereocenters. The molecule has 0 aliphatic heterocycles. The molecule has 27 heavy (non-hydrogen) atoms. The number of benzene rings is 1. The van der Waals surface area contributed by atoms with E-state index in [2.05, 4.69) is 25.2 Å². The highest BCUT2D eigenvalue weighted by atomic mass is 16.3. The average Bonchev–Trinajstić information content (AvgIpc) is 3.08. The molecule has 2 aromatic rings. The van der Waals surface area contributed by atoms with Crippen LogP contribution in [-0.2, 0) is 24.1 Å². The van der Waals surface area contributed by atoms with E-state index in [9.17, 15) is 9.90 Å². The van der Waals surface area contributed by atoms with Gasteiger partial charge >= 0.3 is 0 Å².